The zero-order chi connectivity index (χ0) is 16.6. The normalized spacial score (nSPS) is 11.8. The van der Waals surface area contributed by atoms with Gasteiger partial charge in [0.25, 0.3) is 5.89 Å². The van der Waals surface area contributed by atoms with Crippen molar-refractivity contribution in [2.24, 2.45) is 0 Å². The van der Waals surface area contributed by atoms with Gasteiger partial charge in [-0.1, -0.05) is 28.9 Å². The topological polar surface area (TPSA) is 102 Å². The third kappa shape index (κ3) is 3.48. The molecule has 8 heteroatoms. The fraction of sp³-hybridized carbons (Fsp3) is 0.267. The predicted molar refractivity (Wildman–Crippen MR) is 85.3 cm³/mol. The molecule has 0 saturated carbocycles. The van der Waals surface area contributed by atoms with Crippen LogP contribution in [0.4, 0.5) is 0 Å². The largest absolute Gasteiger partial charge is 0.332 e. The summed E-state index contributed by atoms with van der Waals surface area (Å²) in [5.41, 5.74) is 4.62. The molecule has 0 atom stereocenters. The Morgan fingerprint density at radius 2 is 2.00 bits per heavy atom. The molecule has 23 heavy (non-hydrogen) atoms. The first-order valence-electron chi connectivity index (χ1n) is 6.95. The van der Waals surface area contributed by atoms with Gasteiger partial charge in [-0.25, -0.2) is 8.42 Å². The van der Waals surface area contributed by atoms with Crippen LogP contribution in [0.15, 0.2) is 28.8 Å². The molecule has 1 aromatic carbocycles. The molecular formula is C15H16N4O3S. The Morgan fingerprint density at radius 3 is 2.70 bits per heavy atom. The summed E-state index contributed by atoms with van der Waals surface area (Å²) >= 11 is 0. The summed E-state index contributed by atoms with van der Waals surface area (Å²) in [4.78, 5) is 4.08. The number of nitrogens with one attached hydrogen (secondary N) is 1. The summed E-state index contributed by atoms with van der Waals surface area (Å²) in [6, 6.07) is 7.91. The number of aromatic nitrogens is 4. The highest BCUT2D eigenvalue weighted by Crippen LogP contribution is 2.26. The van der Waals surface area contributed by atoms with Gasteiger partial charge in [0.15, 0.2) is 15.7 Å². The molecule has 7 nitrogen and oxygen atoms in total. The van der Waals surface area contributed by atoms with Crippen molar-refractivity contribution in [3.63, 3.8) is 0 Å². The van der Waals surface area contributed by atoms with Crippen LogP contribution in [-0.4, -0.2) is 35.0 Å². The fourth-order valence-corrected chi connectivity index (χ4v) is 2.91. The number of aromatic amines is 1. The van der Waals surface area contributed by atoms with Gasteiger partial charge in [0.1, 0.15) is 11.4 Å². The van der Waals surface area contributed by atoms with Gasteiger partial charge in [-0.05, 0) is 25.5 Å². The molecule has 2 aromatic heterocycles. The lowest BCUT2D eigenvalue weighted by Gasteiger charge is -2.02. The summed E-state index contributed by atoms with van der Waals surface area (Å²) in [5.74, 6) is 0.0894. The molecule has 1 N–H and O–H groups in total. The number of hydrogen-bond donors (Lipinski definition) is 1. The minimum Gasteiger partial charge on any atom is -0.332 e. The van der Waals surface area contributed by atoms with Gasteiger partial charge in [0.2, 0.25) is 0 Å². The zero-order valence-corrected chi connectivity index (χ0v) is 13.8. The van der Waals surface area contributed by atoms with Crippen LogP contribution >= 0.6 is 0 Å². The van der Waals surface area contributed by atoms with E-state index in [0.29, 0.717) is 5.69 Å². The first-order chi connectivity index (χ1) is 10.8. The summed E-state index contributed by atoms with van der Waals surface area (Å²) in [7, 11) is -3.20. The lowest BCUT2D eigenvalue weighted by Crippen LogP contribution is -2.02. The van der Waals surface area contributed by atoms with Crippen molar-refractivity contribution in [1.29, 1.82) is 0 Å². The van der Waals surface area contributed by atoms with E-state index in [1.807, 2.05) is 26.0 Å². The summed E-state index contributed by atoms with van der Waals surface area (Å²) in [6.45, 7) is 4.06. The molecule has 0 aliphatic heterocycles. The van der Waals surface area contributed by atoms with E-state index in [1.54, 1.807) is 6.07 Å². The number of rotatable bonds is 4. The Kier molecular flexibility index (Phi) is 3.77. The summed E-state index contributed by atoms with van der Waals surface area (Å²) < 4.78 is 27.6. The van der Waals surface area contributed by atoms with Crippen LogP contribution < -0.4 is 0 Å². The first-order valence-corrected chi connectivity index (χ1v) is 9.01. The van der Waals surface area contributed by atoms with Gasteiger partial charge in [-0.15, -0.1) is 0 Å². The molecule has 0 amide bonds. The molecule has 0 aliphatic carbocycles. The number of nitrogens with zero attached hydrogens (tertiary/aromatic N) is 3. The van der Waals surface area contributed by atoms with Gasteiger partial charge >= 0.3 is 0 Å². The Hall–Kier alpha value is -2.48. The highest BCUT2D eigenvalue weighted by atomic mass is 32.2. The van der Waals surface area contributed by atoms with E-state index in [-0.39, 0.29) is 17.5 Å². The average Bonchev–Trinajstić information content (AvgIpc) is 3.05. The molecule has 0 spiro atoms. The maximum atomic E-state index is 11.3. The molecule has 0 bridgehead atoms. The van der Waals surface area contributed by atoms with Gasteiger partial charge in [0, 0.05) is 11.8 Å². The molecule has 0 fully saturated rings. The first kappa shape index (κ1) is 15.4. The fourth-order valence-electron chi connectivity index (χ4n) is 2.33. The number of H-pyrrole nitrogens is 1. The van der Waals surface area contributed by atoms with Crippen molar-refractivity contribution in [3.8, 4) is 22.8 Å². The maximum Gasteiger partial charge on any atom is 0.275 e. The monoisotopic (exact) mass is 332 g/mol. The Labute approximate surface area is 133 Å². The molecule has 0 saturated heterocycles. The van der Waals surface area contributed by atoms with Gasteiger partial charge in [-0.3, -0.25) is 5.10 Å². The smallest absolute Gasteiger partial charge is 0.275 e. The molecule has 3 aromatic rings. The zero-order valence-electron chi connectivity index (χ0n) is 13.0. The summed E-state index contributed by atoms with van der Waals surface area (Å²) in [6.07, 6.45) is 1.12. The van der Waals surface area contributed by atoms with Crippen LogP contribution in [0.1, 0.15) is 17.0 Å². The van der Waals surface area contributed by atoms with Crippen LogP contribution in [-0.2, 0) is 15.6 Å². The minimum absolute atomic E-state index is 0.130. The number of aryl methyl sites for hydroxylation is 2. The molecule has 0 radical (unpaired) electrons. The molecule has 3 rings (SSSR count). The third-order valence-electron chi connectivity index (χ3n) is 3.33. The third-order valence-corrected chi connectivity index (χ3v) is 4.11. The maximum absolute atomic E-state index is 11.3. The van der Waals surface area contributed by atoms with Crippen molar-refractivity contribution in [1.82, 2.24) is 20.3 Å². The van der Waals surface area contributed by atoms with E-state index in [0.717, 1.165) is 23.1 Å². The lowest BCUT2D eigenvalue weighted by molar-refractivity contribution is 0.423. The molecule has 0 aliphatic rings. The van der Waals surface area contributed by atoms with E-state index >= 15 is 0 Å². The standard InChI is InChI=1S/C15H16N4O3S/c1-9-4-5-11(10(2)6-9)12-7-13(18-17-12)15-16-14(19-22-15)8-23(3,20)21/h4-7H,8H2,1-3H3,(H,17,18). The average molecular weight is 332 g/mol. The lowest BCUT2D eigenvalue weighted by atomic mass is 10.0. The van der Waals surface area contributed by atoms with Gasteiger partial charge in [0.05, 0.1) is 5.69 Å². The number of benzene rings is 1. The van der Waals surface area contributed by atoms with E-state index < -0.39 is 9.84 Å². The van der Waals surface area contributed by atoms with Crippen molar-refractivity contribution in [3.05, 3.63) is 41.2 Å². The Balaban J connectivity index is 1.90. The van der Waals surface area contributed by atoms with Gasteiger partial charge in [-0.2, -0.15) is 10.1 Å². The van der Waals surface area contributed by atoms with E-state index in [1.165, 1.54) is 5.56 Å². The molecule has 2 heterocycles. The second kappa shape index (κ2) is 5.62. The highest BCUT2D eigenvalue weighted by Gasteiger charge is 2.16. The SMILES string of the molecule is Cc1ccc(-c2cc(-c3nc(CS(C)(=O)=O)no3)[nH]n2)c(C)c1. The predicted octanol–water partition coefficient (Wildman–Crippen LogP) is 2.29. The summed E-state index contributed by atoms with van der Waals surface area (Å²) in [5, 5.41) is 10.8. The molecule has 120 valence electrons. The van der Waals surface area contributed by atoms with E-state index in [2.05, 4.69) is 26.4 Å². The van der Waals surface area contributed by atoms with E-state index in [9.17, 15) is 8.42 Å². The van der Waals surface area contributed by atoms with Crippen LogP contribution in [0.5, 0.6) is 0 Å². The van der Waals surface area contributed by atoms with E-state index in [4.69, 9.17) is 4.52 Å². The van der Waals surface area contributed by atoms with Crippen LogP contribution in [0, 0.1) is 13.8 Å². The molecular weight excluding hydrogens is 316 g/mol. The molecule has 0 unspecified atom stereocenters. The van der Waals surface area contributed by atoms with Crippen molar-refractivity contribution in [2.45, 2.75) is 19.6 Å². The Morgan fingerprint density at radius 1 is 1.22 bits per heavy atom. The van der Waals surface area contributed by atoms with Gasteiger partial charge < -0.3 is 4.52 Å². The van der Waals surface area contributed by atoms with Crippen LogP contribution in [0.3, 0.4) is 0 Å². The Bertz CT molecular complexity index is 957. The minimum atomic E-state index is -3.20. The number of hydrogen-bond acceptors (Lipinski definition) is 6. The van der Waals surface area contributed by atoms with Crippen molar-refractivity contribution in [2.75, 3.05) is 6.26 Å². The number of sulfone groups is 1. The van der Waals surface area contributed by atoms with Crippen LogP contribution in [0.25, 0.3) is 22.8 Å². The highest BCUT2D eigenvalue weighted by molar-refractivity contribution is 7.89. The second-order valence-corrected chi connectivity index (χ2v) is 7.71. The quantitative estimate of drug-likeness (QED) is 0.786. The van der Waals surface area contributed by atoms with Crippen molar-refractivity contribution >= 4 is 9.84 Å². The van der Waals surface area contributed by atoms with Crippen molar-refractivity contribution < 1.29 is 12.9 Å². The van der Waals surface area contributed by atoms with Crippen LogP contribution in [0.2, 0.25) is 0 Å². The second-order valence-electron chi connectivity index (χ2n) is 5.57.